The monoisotopic (exact) mass is 294 g/mol. The SMILES string of the molecule is Cc1ccnc(SC2CCC(NC(C)C)(C(N)=O)C2)n1. The average Bonchev–Trinajstić information content (AvgIpc) is 2.72. The Morgan fingerprint density at radius 2 is 2.35 bits per heavy atom. The topological polar surface area (TPSA) is 80.9 Å². The Balaban J connectivity index is 2.05. The zero-order chi connectivity index (χ0) is 14.8. The second kappa shape index (κ2) is 6.10. The number of rotatable bonds is 5. The Labute approximate surface area is 124 Å². The maximum Gasteiger partial charge on any atom is 0.237 e. The fourth-order valence-electron chi connectivity index (χ4n) is 2.71. The molecule has 1 aromatic rings. The quantitative estimate of drug-likeness (QED) is 0.807. The first-order valence-corrected chi connectivity index (χ1v) is 7.83. The van der Waals surface area contributed by atoms with Crippen LogP contribution in [0, 0.1) is 6.92 Å². The van der Waals surface area contributed by atoms with E-state index in [1.54, 1.807) is 18.0 Å². The molecule has 6 heteroatoms. The maximum atomic E-state index is 11.8. The lowest BCUT2D eigenvalue weighted by atomic mass is 9.96. The molecule has 20 heavy (non-hydrogen) atoms. The van der Waals surface area contributed by atoms with E-state index < -0.39 is 5.54 Å². The number of amides is 1. The van der Waals surface area contributed by atoms with Gasteiger partial charge in [-0.1, -0.05) is 11.8 Å². The Morgan fingerprint density at radius 1 is 1.60 bits per heavy atom. The molecule has 1 aliphatic carbocycles. The van der Waals surface area contributed by atoms with Gasteiger partial charge < -0.3 is 11.1 Å². The van der Waals surface area contributed by atoms with Gasteiger partial charge in [0.15, 0.2) is 5.16 Å². The first kappa shape index (κ1) is 15.3. The van der Waals surface area contributed by atoms with Gasteiger partial charge in [-0.15, -0.1) is 0 Å². The molecule has 0 spiro atoms. The number of hydrogen-bond acceptors (Lipinski definition) is 5. The molecule has 5 nitrogen and oxygen atoms in total. The van der Waals surface area contributed by atoms with Gasteiger partial charge in [0, 0.05) is 23.2 Å². The van der Waals surface area contributed by atoms with Crippen LogP contribution in [0.1, 0.15) is 38.8 Å². The Morgan fingerprint density at radius 3 is 2.95 bits per heavy atom. The van der Waals surface area contributed by atoms with E-state index in [-0.39, 0.29) is 11.9 Å². The third-order valence-electron chi connectivity index (χ3n) is 3.55. The summed E-state index contributed by atoms with van der Waals surface area (Å²) in [6.07, 6.45) is 4.24. The molecular formula is C14H22N4OS. The number of aryl methyl sites for hydroxylation is 1. The Bertz CT molecular complexity index is 494. The minimum absolute atomic E-state index is 0.237. The summed E-state index contributed by atoms with van der Waals surface area (Å²) in [5.74, 6) is -0.250. The highest BCUT2D eigenvalue weighted by Gasteiger charge is 2.44. The molecule has 1 aliphatic rings. The van der Waals surface area contributed by atoms with Crippen molar-refractivity contribution in [1.82, 2.24) is 15.3 Å². The maximum absolute atomic E-state index is 11.8. The molecule has 0 aliphatic heterocycles. The van der Waals surface area contributed by atoms with E-state index in [9.17, 15) is 4.79 Å². The summed E-state index contributed by atoms with van der Waals surface area (Å²) in [6.45, 7) is 6.03. The predicted molar refractivity (Wildman–Crippen MR) is 80.5 cm³/mol. The van der Waals surface area contributed by atoms with Crippen molar-refractivity contribution in [3.63, 3.8) is 0 Å². The summed E-state index contributed by atoms with van der Waals surface area (Å²) in [5.41, 5.74) is 6.01. The molecular weight excluding hydrogens is 272 g/mol. The molecule has 1 amide bonds. The van der Waals surface area contributed by atoms with E-state index in [4.69, 9.17) is 5.73 Å². The molecule has 0 saturated heterocycles. The minimum atomic E-state index is -0.574. The van der Waals surface area contributed by atoms with Gasteiger partial charge in [-0.3, -0.25) is 4.79 Å². The smallest absolute Gasteiger partial charge is 0.237 e. The van der Waals surface area contributed by atoms with Gasteiger partial charge >= 0.3 is 0 Å². The fourth-order valence-corrected chi connectivity index (χ4v) is 3.93. The molecule has 2 rings (SSSR count). The average molecular weight is 294 g/mol. The van der Waals surface area contributed by atoms with E-state index in [0.29, 0.717) is 5.25 Å². The second-order valence-corrected chi connectivity index (χ2v) is 6.98. The highest BCUT2D eigenvalue weighted by Crippen LogP contribution is 2.39. The third-order valence-corrected chi connectivity index (χ3v) is 4.69. The van der Waals surface area contributed by atoms with E-state index in [2.05, 4.69) is 15.3 Å². The molecule has 110 valence electrons. The molecule has 0 radical (unpaired) electrons. The van der Waals surface area contributed by atoms with Gasteiger partial charge in [-0.2, -0.15) is 0 Å². The van der Waals surface area contributed by atoms with Gasteiger partial charge in [-0.05, 0) is 46.1 Å². The van der Waals surface area contributed by atoms with E-state index >= 15 is 0 Å². The van der Waals surface area contributed by atoms with Crippen molar-refractivity contribution in [3.8, 4) is 0 Å². The summed E-state index contributed by atoms with van der Waals surface area (Å²) in [7, 11) is 0. The van der Waals surface area contributed by atoms with Gasteiger partial charge in [0.2, 0.25) is 5.91 Å². The van der Waals surface area contributed by atoms with Crippen LogP contribution in [0.25, 0.3) is 0 Å². The van der Waals surface area contributed by atoms with Crippen LogP contribution in [0.5, 0.6) is 0 Å². The summed E-state index contributed by atoms with van der Waals surface area (Å²) in [6, 6.07) is 2.12. The van der Waals surface area contributed by atoms with Gasteiger partial charge in [0.25, 0.3) is 0 Å². The van der Waals surface area contributed by atoms with Crippen molar-refractivity contribution in [1.29, 1.82) is 0 Å². The highest BCUT2D eigenvalue weighted by molar-refractivity contribution is 7.99. The van der Waals surface area contributed by atoms with Crippen LogP contribution in [0.15, 0.2) is 17.4 Å². The third kappa shape index (κ3) is 3.49. The number of hydrogen-bond donors (Lipinski definition) is 2. The lowest BCUT2D eigenvalue weighted by Crippen LogP contribution is -2.56. The van der Waals surface area contributed by atoms with Crippen molar-refractivity contribution in [2.75, 3.05) is 0 Å². The van der Waals surface area contributed by atoms with Gasteiger partial charge in [0.1, 0.15) is 0 Å². The largest absolute Gasteiger partial charge is 0.368 e. The summed E-state index contributed by atoms with van der Waals surface area (Å²) in [4.78, 5) is 20.5. The van der Waals surface area contributed by atoms with E-state index in [1.165, 1.54) is 0 Å². The molecule has 1 heterocycles. The molecule has 1 aromatic heterocycles. The number of nitrogens with one attached hydrogen (secondary N) is 1. The van der Waals surface area contributed by atoms with E-state index in [0.717, 1.165) is 30.1 Å². The number of aromatic nitrogens is 2. The number of thioether (sulfide) groups is 1. The van der Waals surface area contributed by atoms with Crippen LogP contribution in [0.3, 0.4) is 0 Å². The zero-order valence-electron chi connectivity index (χ0n) is 12.2. The zero-order valence-corrected chi connectivity index (χ0v) is 13.0. The van der Waals surface area contributed by atoms with Crippen molar-refractivity contribution in [2.24, 2.45) is 5.73 Å². The number of carbonyl (C=O) groups excluding carboxylic acids is 1. The first-order chi connectivity index (χ1) is 9.41. The molecule has 2 unspecified atom stereocenters. The van der Waals surface area contributed by atoms with Crippen molar-refractivity contribution in [2.45, 2.75) is 62.0 Å². The molecule has 2 atom stereocenters. The van der Waals surface area contributed by atoms with Gasteiger partial charge in [-0.25, -0.2) is 9.97 Å². The molecule has 1 saturated carbocycles. The van der Waals surface area contributed by atoms with Crippen molar-refractivity contribution in [3.05, 3.63) is 18.0 Å². The summed E-state index contributed by atoms with van der Waals surface area (Å²) < 4.78 is 0. The standard InChI is InChI=1S/C14H22N4OS/c1-9(2)18-14(12(15)19)6-4-11(8-14)20-13-16-7-5-10(3)17-13/h5,7,9,11,18H,4,6,8H2,1-3H3,(H2,15,19). The van der Waals surface area contributed by atoms with Crippen LogP contribution < -0.4 is 11.1 Å². The minimum Gasteiger partial charge on any atom is -0.368 e. The molecule has 3 N–H and O–H groups in total. The van der Waals surface area contributed by atoms with Gasteiger partial charge in [0.05, 0.1) is 5.54 Å². The molecule has 0 bridgehead atoms. The highest BCUT2D eigenvalue weighted by atomic mass is 32.2. The van der Waals surface area contributed by atoms with Crippen LogP contribution >= 0.6 is 11.8 Å². The van der Waals surface area contributed by atoms with Crippen LogP contribution in [-0.4, -0.2) is 32.7 Å². The summed E-state index contributed by atoms with van der Waals surface area (Å²) in [5, 5.41) is 4.46. The summed E-state index contributed by atoms with van der Waals surface area (Å²) >= 11 is 1.64. The predicted octanol–water partition coefficient (Wildman–Crippen LogP) is 1.65. The number of primary amides is 1. The fraction of sp³-hybridized carbons (Fsp3) is 0.643. The normalized spacial score (nSPS) is 26.1. The number of carbonyl (C=O) groups is 1. The van der Waals surface area contributed by atoms with E-state index in [1.807, 2.05) is 26.8 Å². The van der Waals surface area contributed by atoms with Crippen LogP contribution in [0.2, 0.25) is 0 Å². The molecule has 0 aromatic carbocycles. The van der Waals surface area contributed by atoms with Crippen LogP contribution in [0.4, 0.5) is 0 Å². The number of nitrogens with zero attached hydrogens (tertiary/aromatic N) is 2. The Kier molecular flexibility index (Phi) is 4.65. The lowest BCUT2D eigenvalue weighted by molar-refractivity contribution is -0.124. The number of nitrogens with two attached hydrogens (primary N) is 1. The van der Waals surface area contributed by atoms with Crippen molar-refractivity contribution >= 4 is 17.7 Å². The molecule has 1 fully saturated rings. The van der Waals surface area contributed by atoms with Crippen molar-refractivity contribution < 1.29 is 4.79 Å². The van der Waals surface area contributed by atoms with Crippen LogP contribution in [-0.2, 0) is 4.79 Å². The lowest BCUT2D eigenvalue weighted by Gasteiger charge is -2.29. The Hall–Kier alpha value is -1.14. The first-order valence-electron chi connectivity index (χ1n) is 6.95. The second-order valence-electron chi connectivity index (χ2n) is 5.71.